The van der Waals surface area contributed by atoms with Gasteiger partial charge in [0.05, 0.1) is 0 Å². The van der Waals surface area contributed by atoms with Gasteiger partial charge in [-0.3, -0.25) is 5.32 Å². The first-order chi connectivity index (χ1) is 9.33. The second-order valence-corrected chi connectivity index (χ2v) is 4.81. The first kappa shape index (κ1) is 12.0. The largest absolute Gasteiger partial charge is 0.272 e. The van der Waals surface area contributed by atoms with E-state index in [1.165, 1.54) is 5.39 Å². The van der Waals surface area contributed by atoms with Crippen molar-refractivity contribution < 1.29 is 4.98 Å². The zero-order valence-electron chi connectivity index (χ0n) is 10.4. The van der Waals surface area contributed by atoms with Gasteiger partial charge in [-0.2, -0.15) is 0 Å². The van der Waals surface area contributed by atoms with Crippen molar-refractivity contribution in [1.29, 1.82) is 0 Å². The van der Waals surface area contributed by atoms with Gasteiger partial charge in [0, 0.05) is 22.0 Å². The second kappa shape index (κ2) is 5.29. The fraction of sp³-hybridized carbons (Fsp3) is 0.0625. The van der Waals surface area contributed by atoms with Crippen LogP contribution in [-0.2, 0) is 6.54 Å². The highest BCUT2D eigenvalue weighted by Crippen LogP contribution is 2.16. The third kappa shape index (κ3) is 2.69. The predicted molar refractivity (Wildman–Crippen MR) is 79.3 cm³/mol. The molecule has 1 aromatic heterocycles. The van der Waals surface area contributed by atoms with Crippen molar-refractivity contribution in [2.45, 2.75) is 6.54 Å². The molecule has 3 aromatic rings. The van der Waals surface area contributed by atoms with Crippen molar-refractivity contribution in [3.8, 4) is 0 Å². The van der Waals surface area contributed by atoms with Crippen molar-refractivity contribution in [2.24, 2.45) is 0 Å². The SMILES string of the molecule is Clc1ccccc1CNc1ccc2ccccc2[nH+]1. The van der Waals surface area contributed by atoms with Gasteiger partial charge in [-0.15, -0.1) is 0 Å². The number of aromatic nitrogens is 1. The van der Waals surface area contributed by atoms with Crippen molar-refractivity contribution in [3.63, 3.8) is 0 Å². The molecule has 0 saturated heterocycles. The monoisotopic (exact) mass is 269 g/mol. The Labute approximate surface area is 117 Å². The standard InChI is InChI=1S/C16H13ClN2/c17-14-7-3-1-6-13(14)11-18-16-10-9-12-5-2-4-8-15(12)19-16/h1-10H,11H2,(H,18,19)/p+1. The number of anilines is 1. The number of benzene rings is 2. The van der Waals surface area contributed by atoms with Crippen LogP contribution in [0.15, 0.2) is 60.7 Å². The van der Waals surface area contributed by atoms with Gasteiger partial charge < -0.3 is 0 Å². The highest BCUT2D eigenvalue weighted by atomic mass is 35.5. The van der Waals surface area contributed by atoms with Gasteiger partial charge in [-0.1, -0.05) is 48.0 Å². The average molecular weight is 270 g/mol. The van der Waals surface area contributed by atoms with E-state index in [1.807, 2.05) is 42.5 Å². The number of pyridine rings is 1. The lowest BCUT2D eigenvalue weighted by molar-refractivity contribution is -0.327. The molecule has 3 heteroatoms. The summed E-state index contributed by atoms with van der Waals surface area (Å²) in [6, 6.07) is 20.2. The highest BCUT2D eigenvalue weighted by Gasteiger charge is 2.05. The van der Waals surface area contributed by atoms with Gasteiger partial charge in [0.1, 0.15) is 12.1 Å². The van der Waals surface area contributed by atoms with Crippen LogP contribution >= 0.6 is 11.6 Å². The predicted octanol–water partition coefficient (Wildman–Crippen LogP) is 3.92. The molecule has 0 bridgehead atoms. The number of aromatic amines is 1. The summed E-state index contributed by atoms with van der Waals surface area (Å²) >= 11 is 6.14. The molecule has 2 nitrogen and oxygen atoms in total. The van der Waals surface area contributed by atoms with Crippen molar-refractivity contribution in [3.05, 3.63) is 71.2 Å². The Kier molecular flexibility index (Phi) is 3.34. The molecular weight excluding hydrogens is 256 g/mol. The Hall–Kier alpha value is -2.06. The van der Waals surface area contributed by atoms with Crippen LogP contribution in [0.2, 0.25) is 5.02 Å². The first-order valence-corrected chi connectivity index (χ1v) is 6.59. The van der Waals surface area contributed by atoms with E-state index in [0.29, 0.717) is 6.54 Å². The average Bonchev–Trinajstić information content (AvgIpc) is 2.46. The Morgan fingerprint density at radius 1 is 0.895 bits per heavy atom. The summed E-state index contributed by atoms with van der Waals surface area (Å²) < 4.78 is 0. The molecule has 3 rings (SSSR count). The van der Waals surface area contributed by atoms with Crippen LogP contribution in [0, 0.1) is 0 Å². The lowest BCUT2D eigenvalue weighted by atomic mass is 10.2. The smallest absolute Gasteiger partial charge is 0.270 e. The molecule has 2 aromatic carbocycles. The van der Waals surface area contributed by atoms with Crippen molar-refractivity contribution in [2.75, 3.05) is 5.32 Å². The number of H-pyrrole nitrogens is 1. The second-order valence-electron chi connectivity index (χ2n) is 4.40. The van der Waals surface area contributed by atoms with Gasteiger partial charge in [-0.25, -0.2) is 4.98 Å². The van der Waals surface area contributed by atoms with Crippen LogP contribution in [0.5, 0.6) is 0 Å². The summed E-state index contributed by atoms with van der Waals surface area (Å²) in [7, 11) is 0. The van der Waals surface area contributed by atoms with Crippen LogP contribution < -0.4 is 10.3 Å². The zero-order valence-corrected chi connectivity index (χ0v) is 11.1. The highest BCUT2D eigenvalue weighted by molar-refractivity contribution is 6.31. The summed E-state index contributed by atoms with van der Waals surface area (Å²) in [5.41, 5.74) is 2.21. The molecule has 0 spiro atoms. The number of hydrogen-bond donors (Lipinski definition) is 1. The molecule has 0 amide bonds. The molecule has 1 heterocycles. The molecule has 0 aliphatic heterocycles. The van der Waals surface area contributed by atoms with Gasteiger partial charge in [0.2, 0.25) is 0 Å². The lowest BCUT2D eigenvalue weighted by Crippen LogP contribution is -2.13. The van der Waals surface area contributed by atoms with Gasteiger partial charge in [0.15, 0.2) is 0 Å². The topological polar surface area (TPSA) is 26.2 Å². The molecule has 0 unspecified atom stereocenters. The van der Waals surface area contributed by atoms with Crippen LogP contribution in [0.1, 0.15) is 5.56 Å². The van der Waals surface area contributed by atoms with Crippen molar-refractivity contribution in [1.82, 2.24) is 0 Å². The molecule has 0 radical (unpaired) electrons. The van der Waals surface area contributed by atoms with E-state index in [9.17, 15) is 0 Å². The van der Waals surface area contributed by atoms with E-state index in [-0.39, 0.29) is 0 Å². The van der Waals surface area contributed by atoms with E-state index in [4.69, 9.17) is 11.6 Å². The Morgan fingerprint density at radius 2 is 1.68 bits per heavy atom. The van der Waals surface area contributed by atoms with E-state index >= 15 is 0 Å². The Morgan fingerprint density at radius 3 is 2.58 bits per heavy atom. The van der Waals surface area contributed by atoms with Crippen LogP contribution in [0.25, 0.3) is 10.9 Å². The summed E-state index contributed by atoms with van der Waals surface area (Å²) in [5.74, 6) is 0.985. The summed E-state index contributed by atoms with van der Waals surface area (Å²) in [5, 5.41) is 5.34. The molecule has 2 N–H and O–H groups in total. The maximum atomic E-state index is 6.14. The number of fused-ring (bicyclic) bond motifs is 1. The lowest BCUT2D eigenvalue weighted by Gasteiger charge is -2.03. The molecular formula is C16H14ClN2+. The minimum Gasteiger partial charge on any atom is -0.270 e. The fourth-order valence-electron chi connectivity index (χ4n) is 2.05. The Bertz CT molecular complexity index is 710. The van der Waals surface area contributed by atoms with Gasteiger partial charge in [0.25, 0.3) is 5.82 Å². The third-order valence-corrected chi connectivity index (χ3v) is 3.46. The van der Waals surface area contributed by atoms with Crippen molar-refractivity contribution >= 4 is 28.3 Å². The van der Waals surface area contributed by atoms with Gasteiger partial charge >= 0.3 is 0 Å². The molecule has 19 heavy (non-hydrogen) atoms. The maximum absolute atomic E-state index is 6.14. The maximum Gasteiger partial charge on any atom is 0.272 e. The van der Waals surface area contributed by atoms with E-state index in [2.05, 4.69) is 28.5 Å². The quantitative estimate of drug-likeness (QED) is 0.766. The fourth-order valence-corrected chi connectivity index (χ4v) is 2.25. The minimum absolute atomic E-state index is 0.703. The summed E-state index contributed by atoms with van der Waals surface area (Å²) in [6.45, 7) is 0.703. The zero-order chi connectivity index (χ0) is 13.1. The van der Waals surface area contributed by atoms with E-state index in [1.54, 1.807) is 0 Å². The number of halogens is 1. The Balaban J connectivity index is 1.80. The molecule has 0 aliphatic rings. The third-order valence-electron chi connectivity index (χ3n) is 3.09. The minimum atomic E-state index is 0.703. The summed E-state index contributed by atoms with van der Waals surface area (Å²) in [6.07, 6.45) is 0. The van der Waals surface area contributed by atoms with Crippen LogP contribution in [0.3, 0.4) is 0 Å². The van der Waals surface area contributed by atoms with Crippen LogP contribution in [0.4, 0.5) is 5.82 Å². The van der Waals surface area contributed by atoms with Crippen LogP contribution in [-0.4, -0.2) is 0 Å². The number of para-hydroxylation sites is 1. The molecule has 94 valence electrons. The number of nitrogens with one attached hydrogen (secondary N) is 2. The molecule has 0 saturated carbocycles. The normalized spacial score (nSPS) is 10.6. The van der Waals surface area contributed by atoms with Gasteiger partial charge in [-0.05, 0) is 18.2 Å². The molecule has 0 atom stereocenters. The molecule has 0 aliphatic carbocycles. The number of hydrogen-bond acceptors (Lipinski definition) is 1. The van der Waals surface area contributed by atoms with E-state index in [0.717, 1.165) is 21.9 Å². The van der Waals surface area contributed by atoms with E-state index < -0.39 is 0 Å². The number of rotatable bonds is 3. The first-order valence-electron chi connectivity index (χ1n) is 6.21. The molecule has 0 fully saturated rings. The summed E-state index contributed by atoms with van der Waals surface area (Å²) in [4.78, 5) is 3.36.